The van der Waals surface area contributed by atoms with Crippen molar-refractivity contribution in [1.29, 1.82) is 0 Å². The number of benzene rings is 2. The molecule has 0 aliphatic carbocycles. The predicted octanol–water partition coefficient (Wildman–Crippen LogP) is 3.38. The molecule has 0 radical (unpaired) electrons. The van der Waals surface area contributed by atoms with Crippen molar-refractivity contribution in [2.75, 3.05) is 19.0 Å². The summed E-state index contributed by atoms with van der Waals surface area (Å²) in [5, 5.41) is 5.82. The summed E-state index contributed by atoms with van der Waals surface area (Å²) in [6.45, 7) is 2.56. The average Bonchev–Trinajstić information content (AvgIpc) is 2.61. The van der Waals surface area contributed by atoms with Gasteiger partial charge in [-0.15, -0.1) is 0 Å². The maximum Gasteiger partial charge on any atom is 0.319 e. The van der Waals surface area contributed by atoms with Gasteiger partial charge in [-0.1, -0.05) is 19.1 Å². The minimum atomic E-state index is -0.223. The van der Waals surface area contributed by atoms with Gasteiger partial charge in [0.2, 0.25) is 0 Å². The van der Waals surface area contributed by atoms with Gasteiger partial charge in [-0.05, 0) is 54.3 Å². The Morgan fingerprint density at radius 2 is 2.04 bits per heavy atom. The van der Waals surface area contributed by atoms with E-state index >= 15 is 0 Å². The number of methoxy groups -OCH3 is 1. The Morgan fingerprint density at radius 1 is 1.25 bits per heavy atom. The van der Waals surface area contributed by atoms with Crippen LogP contribution in [0.5, 0.6) is 11.5 Å². The molecular weight excluding hydrogens is 304 g/mol. The monoisotopic (exact) mass is 326 g/mol. The van der Waals surface area contributed by atoms with Crippen molar-refractivity contribution in [2.24, 2.45) is 0 Å². The molecule has 0 unspecified atom stereocenters. The number of anilines is 1. The van der Waals surface area contributed by atoms with Gasteiger partial charge in [0.25, 0.3) is 0 Å². The molecule has 0 aromatic heterocycles. The molecule has 1 heterocycles. The number of carbonyl (C=O) groups is 1. The molecule has 1 atom stereocenters. The molecule has 2 amide bonds. The quantitative estimate of drug-likeness (QED) is 0.905. The second kappa shape index (κ2) is 7.25. The van der Waals surface area contributed by atoms with E-state index in [0.29, 0.717) is 13.0 Å². The first kappa shape index (κ1) is 16.2. The highest BCUT2D eigenvalue weighted by Gasteiger charge is 2.22. The predicted molar refractivity (Wildman–Crippen MR) is 94.0 cm³/mol. The lowest BCUT2D eigenvalue weighted by molar-refractivity contribution is 0.222. The normalized spacial score (nSPS) is 15.8. The van der Waals surface area contributed by atoms with Crippen LogP contribution < -0.4 is 20.1 Å². The smallest absolute Gasteiger partial charge is 0.319 e. The lowest BCUT2D eigenvalue weighted by Gasteiger charge is -2.26. The summed E-state index contributed by atoms with van der Waals surface area (Å²) >= 11 is 0. The first-order chi connectivity index (χ1) is 11.7. The average molecular weight is 326 g/mol. The Kier molecular flexibility index (Phi) is 4.89. The van der Waals surface area contributed by atoms with E-state index in [1.165, 1.54) is 5.56 Å². The molecule has 24 heavy (non-hydrogen) atoms. The van der Waals surface area contributed by atoms with Crippen LogP contribution in [0.1, 0.15) is 18.1 Å². The van der Waals surface area contributed by atoms with Gasteiger partial charge >= 0.3 is 6.03 Å². The molecule has 126 valence electrons. The highest BCUT2D eigenvalue weighted by Crippen LogP contribution is 2.28. The van der Waals surface area contributed by atoms with Gasteiger partial charge in [0, 0.05) is 5.69 Å². The molecule has 1 aliphatic heterocycles. The minimum Gasteiger partial charge on any atom is -0.497 e. The molecule has 0 fully saturated rings. The van der Waals surface area contributed by atoms with Gasteiger partial charge in [-0.25, -0.2) is 4.79 Å². The second-order valence-electron chi connectivity index (χ2n) is 5.83. The summed E-state index contributed by atoms with van der Waals surface area (Å²) in [6, 6.07) is 13.3. The largest absolute Gasteiger partial charge is 0.497 e. The third kappa shape index (κ3) is 3.79. The van der Waals surface area contributed by atoms with Crippen molar-refractivity contribution >= 4 is 11.7 Å². The first-order valence-electron chi connectivity index (χ1n) is 8.14. The van der Waals surface area contributed by atoms with E-state index in [4.69, 9.17) is 9.47 Å². The van der Waals surface area contributed by atoms with Crippen LogP contribution in [0.3, 0.4) is 0 Å². The summed E-state index contributed by atoms with van der Waals surface area (Å²) in [5.41, 5.74) is 3.06. The van der Waals surface area contributed by atoms with E-state index in [1.54, 1.807) is 7.11 Å². The van der Waals surface area contributed by atoms with Gasteiger partial charge in [-0.3, -0.25) is 0 Å². The van der Waals surface area contributed by atoms with E-state index in [1.807, 2.05) is 42.5 Å². The Morgan fingerprint density at radius 3 is 2.75 bits per heavy atom. The molecule has 2 aromatic carbocycles. The molecule has 5 heteroatoms. The van der Waals surface area contributed by atoms with E-state index in [-0.39, 0.29) is 12.1 Å². The van der Waals surface area contributed by atoms with E-state index in [9.17, 15) is 4.79 Å². The maximum atomic E-state index is 12.2. The molecule has 0 spiro atoms. The van der Waals surface area contributed by atoms with Crippen LogP contribution >= 0.6 is 0 Å². The second-order valence-corrected chi connectivity index (χ2v) is 5.83. The number of hydrogen-bond acceptors (Lipinski definition) is 3. The molecule has 2 aromatic rings. The molecule has 0 saturated heterocycles. The van der Waals surface area contributed by atoms with Crippen molar-refractivity contribution in [3.05, 3.63) is 53.6 Å². The number of fused-ring (bicyclic) bond motifs is 1. The number of carbonyl (C=O) groups excluding carboxylic acids is 1. The van der Waals surface area contributed by atoms with Gasteiger partial charge in [0.1, 0.15) is 18.1 Å². The molecular formula is C19H22N2O3. The van der Waals surface area contributed by atoms with Crippen LogP contribution in [0, 0.1) is 0 Å². The fourth-order valence-electron chi connectivity index (χ4n) is 2.77. The van der Waals surface area contributed by atoms with Crippen LogP contribution in [-0.4, -0.2) is 25.8 Å². The standard InChI is InChI=1S/C19H22N2O3/c1-3-13-4-6-15(7-5-13)20-19(22)21-16-10-14-11-17(23-2)8-9-18(14)24-12-16/h4-9,11,16H,3,10,12H2,1-2H3,(H2,20,21,22)/t16-/m0/s1. The first-order valence-corrected chi connectivity index (χ1v) is 8.14. The van der Waals surface area contributed by atoms with Crippen molar-refractivity contribution in [3.63, 3.8) is 0 Å². The summed E-state index contributed by atoms with van der Waals surface area (Å²) in [7, 11) is 1.64. The third-order valence-corrected chi connectivity index (χ3v) is 4.13. The number of amides is 2. The highest BCUT2D eigenvalue weighted by atomic mass is 16.5. The van der Waals surface area contributed by atoms with Crippen molar-refractivity contribution in [2.45, 2.75) is 25.8 Å². The molecule has 0 saturated carbocycles. The van der Waals surface area contributed by atoms with Gasteiger partial charge in [0.05, 0.1) is 13.2 Å². The van der Waals surface area contributed by atoms with Crippen LogP contribution in [-0.2, 0) is 12.8 Å². The van der Waals surface area contributed by atoms with Crippen LogP contribution in [0.4, 0.5) is 10.5 Å². The van der Waals surface area contributed by atoms with Crippen molar-refractivity contribution in [3.8, 4) is 11.5 Å². The zero-order valence-corrected chi connectivity index (χ0v) is 14.0. The van der Waals surface area contributed by atoms with Crippen molar-refractivity contribution in [1.82, 2.24) is 5.32 Å². The lowest BCUT2D eigenvalue weighted by atomic mass is 10.0. The summed E-state index contributed by atoms with van der Waals surface area (Å²) in [6.07, 6.45) is 1.70. The number of hydrogen-bond donors (Lipinski definition) is 2. The Bertz CT molecular complexity index is 713. The molecule has 5 nitrogen and oxygen atoms in total. The summed E-state index contributed by atoms with van der Waals surface area (Å²) < 4.78 is 11.0. The third-order valence-electron chi connectivity index (χ3n) is 4.13. The number of rotatable bonds is 4. The fourth-order valence-corrected chi connectivity index (χ4v) is 2.77. The van der Waals surface area contributed by atoms with Crippen molar-refractivity contribution < 1.29 is 14.3 Å². The van der Waals surface area contributed by atoms with Crippen LogP contribution in [0.25, 0.3) is 0 Å². The number of ether oxygens (including phenoxy) is 2. The SMILES string of the molecule is CCc1ccc(NC(=O)N[C@@H]2COc3ccc(OC)cc3C2)cc1. The zero-order valence-electron chi connectivity index (χ0n) is 14.0. The fraction of sp³-hybridized carbons (Fsp3) is 0.316. The number of urea groups is 1. The summed E-state index contributed by atoms with van der Waals surface area (Å²) in [4.78, 5) is 12.2. The van der Waals surface area contributed by atoms with Gasteiger partial charge in [0.15, 0.2) is 0 Å². The Labute approximate surface area is 142 Å². The van der Waals surface area contributed by atoms with E-state index in [2.05, 4.69) is 17.6 Å². The molecule has 1 aliphatic rings. The van der Waals surface area contributed by atoms with Gasteiger partial charge in [-0.2, -0.15) is 0 Å². The van der Waals surface area contributed by atoms with Crippen LogP contribution in [0.15, 0.2) is 42.5 Å². The Hall–Kier alpha value is -2.69. The highest BCUT2D eigenvalue weighted by molar-refractivity contribution is 5.89. The number of aryl methyl sites for hydroxylation is 1. The maximum absolute atomic E-state index is 12.2. The minimum absolute atomic E-state index is 0.0699. The summed E-state index contributed by atoms with van der Waals surface area (Å²) in [5.74, 6) is 1.64. The zero-order chi connectivity index (χ0) is 16.9. The molecule has 2 N–H and O–H groups in total. The topological polar surface area (TPSA) is 59.6 Å². The lowest BCUT2D eigenvalue weighted by Crippen LogP contribution is -2.44. The molecule has 3 rings (SSSR count). The Balaban J connectivity index is 1.58. The van der Waals surface area contributed by atoms with Crippen LogP contribution in [0.2, 0.25) is 0 Å². The van der Waals surface area contributed by atoms with Gasteiger partial charge < -0.3 is 20.1 Å². The molecule has 0 bridgehead atoms. The van der Waals surface area contributed by atoms with E-state index < -0.39 is 0 Å². The van der Waals surface area contributed by atoms with E-state index in [0.717, 1.165) is 29.2 Å². The number of nitrogens with one attached hydrogen (secondary N) is 2.